The standard InChI is InChI=1S/C17H23NO/c1-3-11-18-16(13-14-8-6-5-7-9-14)15-10-12-19-17(15)4-2/h5-10,12,16,18H,3-4,11,13H2,1-2H3. The number of hydrogen-bond acceptors (Lipinski definition) is 2. The summed E-state index contributed by atoms with van der Waals surface area (Å²) < 4.78 is 5.57. The first-order valence-electron chi connectivity index (χ1n) is 7.18. The predicted molar refractivity (Wildman–Crippen MR) is 79.3 cm³/mol. The summed E-state index contributed by atoms with van der Waals surface area (Å²) in [6, 6.07) is 13.1. The monoisotopic (exact) mass is 257 g/mol. The summed E-state index contributed by atoms with van der Waals surface area (Å²) in [6.07, 6.45) is 4.90. The fourth-order valence-electron chi connectivity index (χ4n) is 2.41. The van der Waals surface area contributed by atoms with Gasteiger partial charge < -0.3 is 9.73 Å². The van der Waals surface area contributed by atoms with Crippen LogP contribution in [0.1, 0.15) is 43.2 Å². The fourth-order valence-corrected chi connectivity index (χ4v) is 2.41. The van der Waals surface area contributed by atoms with Crippen molar-refractivity contribution in [2.75, 3.05) is 6.54 Å². The van der Waals surface area contributed by atoms with Crippen molar-refractivity contribution in [3.63, 3.8) is 0 Å². The summed E-state index contributed by atoms with van der Waals surface area (Å²) in [7, 11) is 0. The molecule has 2 heteroatoms. The van der Waals surface area contributed by atoms with Crippen molar-refractivity contribution in [2.24, 2.45) is 0 Å². The molecule has 1 unspecified atom stereocenters. The lowest BCUT2D eigenvalue weighted by atomic mass is 9.98. The number of rotatable bonds is 7. The number of hydrogen-bond donors (Lipinski definition) is 1. The maximum atomic E-state index is 5.57. The summed E-state index contributed by atoms with van der Waals surface area (Å²) in [4.78, 5) is 0. The highest BCUT2D eigenvalue weighted by Crippen LogP contribution is 2.23. The molecule has 1 atom stereocenters. The van der Waals surface area contributed by atoms with E-state index in [1.54, 1.807) is 6.26 Å². The smallest absolute Gasteiger partial charge is 0.108 e. The summed E-state index contributed by atoms with van der Waals surface area (Å²) in [5.74, 6) is 1.10. The van der Waals surface area contributed by atoms with E-state index < -0.39 is 0 Å². The molecule has 1 heterocycles. The van der Waals surface area contributed by atoms with Gasteiger partial charge in [0.1, 0.15) is 5.76 Å². The fraction of sp³-hybridized carbons (Fsp3) is 0.412. The van der Waals surface area contributed by atoms with Gasteiger partial charge in [0.25, 0.3) is 0 Å². The number of nitrogens with one attached hydrogen (secondary N) is 1. The molecule has 0 fully saturated rings. The van der Waals surface area contributed by atoms with Crippen LogP contribution in [-0.4, -0.2) is 6.54 Å². The van der Waals surface area contributed by atoms with Gasteiger partial charge in [0, 0.05) is 18.0 Å². The van der Waals surface area contributed by atoms with Crippen molar-refractivity contribution >= 4 is 0 Å². The summed E-state index contributed by atoms with van der Waals surface area (Å²) in [5, 5.41) is 3.64. The maximum absolute atomic E-state index is 5.57. The molecule has 0 radical (unpaired) electrons. The van der Waals surface area contributed by atoms with Crippen molar-refractivity contribution in [1.82, 2.24) is 5.32 Å². The van der Waals surface area contributed by atoms with Gasteiger partial charge in [-0.15, -0.1) is 0 Å². The van der Waals surface area contributed by atoms with Gasteiger partial charge in [-0.25, -0.2) is 0 Å². The molecule has 0 bridgehead atoms. The van der Waals surface area contributed by atoms with Crippen molar-refractivity contribution in [2.45, 2.75) is 39.2 Å². The molecule has 0 amide bonds. The van der Waals surface area contributed by atoms with Crippen LogP contribution in [0.25, 0.3) is 0 Å². The van der Waals surface area contributed by atoms with Gasteiger partial charge in [-0.2, -0.15) is 0 Å². The molecule has 0 aliphatic carbocycles. The van der Waals surface area contributed by atoms with E-state index in [2.05, 4.69) is 55.6 Å². The van der Waals surface area contributed by atoms with Crippen LogP contribution >= 0.6 is 0 Å². The van der Waals surface area contributed by atoms with Gasteiger partial charge in [-0.05, 0) is 31.0 Å². The molecule has 2 rings (SSSR count). The van der Waals surface area contributed by atoms with Crippen LogP contribution in [0, 0.1) is 0 Å². The zero-order valence-corrected chi connectivity index (χ0v) is 11.9. The van der Waals surface area contributed by atoms with Crippen LogP contribution in [0.5, 0.6) is 0 Å². The third-order valence-electron chi connectivity index (χ3n) is 3.40. The van der Waals surface area contributed by atoms with Gasteiger partial charge in [0.15, 0.2) is 0 Å². The maximum Gasteiger partial charge on any atom is 0.108 e. The Morgan fingerprint density at radius 2 is 1.89 bits per heavy atom. The first kappa shape index (κ1) is 13.9. The van der Waals surface area contributed by atoms with E-state index in [0.717, 1.165) is 31.6 Å². The normalized spacial score (nSPS) is 12.5. The van der Waals surface area contributed by atoms with E-state index >= 15 is 0 Å². The lowest BCUT2D eigenvalue weighted by Gasteiger charge is -2.18. The number of aryl methyl sites for hydroxylation is 1. The average molecular weight is 257 g/mol. The SMILES string of the molecule is CCCNC(Cc1ccccc1)c1ccoc1CC. The summed E-state index contributed by atoms with van der Waals surface area (Å²) in [6.45, 7) is 5.37. The molecule has 102 valence electrons. The quantitative estimate of drug-likeness (QED) is 0.807. The van der Waals surface area contributed by atoms with E-state index in [-0.39, 0.29) is 0 Å². The summed E-state index contributed by atoms with van der Waals surface area (Å²) in [5.41, 5.74) is 2.67. The second-order valence-corrected chi connectivity index (χ2v) is 4.85. The minimum Gasteiger partial charge on any atom is -0.469 e. The zero-order valence-electron chi connectivity index (χ0n) is 11.9. The lowest BCUT2D eigenvalue weighted by Crippen LogP contribution is -2.24. The Labute approximate surface area is 115 Å². The van der Waals surface area contributed by atoms with Crippen LogP contribution in [0.2, 0.25) is 0 Å². The average Bonchev–Trinajstić information content (AvgIpc) is 2.93. The summed E-state index contributed by atoms with van der Waals surface area (Å²) >= 11 is 0. The zero-order chi connectivity index (χ0) is 13.5. The minimum absolute atomic E-state index is 0.344. The Hall–Kier alpha value is -1.54. The molecule has 2 aromatic rings. The molecule has 1 N–H and O–H groups in total. The number of benzene rings is 1. The third kappa shape index (κ3) is 3.71. The Bertz CT molecular complexity index is 475. The molecule has 1 aromatic carbocycles. The second kappa shape index (κ2) is 7.15. The highest BCUT2D eigenvalue weighted by atomic mass is 16.3. The van der Waals surface area contributed by atoms with Gasteiger partial charge in [0.05, 0.1) is 6.26 Å². The van der Waals surface area contributed by atoms with Gasteiger partial charge in [-0.3, -0.25) is 0 Å². The second-order valence-electron chi connectivity index (χ2n) is 4.85. The van der Waals surface area contributed by atoms with Crippen LogP contribution in [0.3, 0.4) is 0 Å². The van der Waals surface area contributed by atoms with Crippen molar-refractivity contribution in [3.05, 3.63) is 59.5 Å². The minimum atomic E-state index is 0.344. The molecular formula is C17H23NO. The largest absolute Gasteiger partial charge is 0.469 e. The van der Waals surface area contributed by atoms with Gasteiger partial charge in [0.2, 0.25) is 0 Å². The van der Waals surface area contributed by atoms with Crippen molar-refractivity contribution in [3.8, 4) is 0 Å². The molecule has 0 aliphatic heterocycles. The third-order valence-corrected chi connectivity index (χ3v) is 3.40. The highest BCUT2D eigenvalue weighted by Gasteiger charge is 2.16. The lowest BCUT2D eigenvalue weighted by molar-refractivity contribution is 0.481. The molecule has 0 aliphatic rings. The van der Waals surface area contributed by atoms with E-state index in [4.69, 9.17) is 4.42 Å². The van der Waals surface area contributed by atoms with E-state index in [1.807, 2.05) is 0 Å². The predicted octanol–water partition coefficient (Wildman–Crippen LogP) is 4.13. The molecule has 2 nitrogen and oxygen atoms in total. The molecule has 19 heavy (non-hydrogen) atoms. The molecule has 0 spiro atoms. The van der Waals surface area contributed by atoms with Crippen LogP contribution in [0.4, 0.5) is 0 Å². The van der Waals surface area contributed by atoms with E-state index in [1.165, 1.54) is 11.1 Å². The molecular weight excluding hydrogens is 234 g/mol. The topological polar surface area (TPSA) is 25.2 Å². The van der Waals surface area contributed by atoms with Crippen LogP contribution in [0.15, 0.2) is 47.1 Å². The van der Waals surface area contributed by atoms with Crippen LogP contribution < -0.4 is 5.32 Å². The highest BCUT2D eigenvalue weighted by molar-refractivity contribution is 5.25. The van der Waals surface area contributed by atoms with E-state index in [0.29, 0.717) is 6.04 Å². The molecule has 0 saturated carbocycles. The van der Waals surface area contributed by atoms with Gasteiger partial charge >= 0.3 is 0 Å². The first-order chi connectivity index (χ1) is 9.35. The Balaban J connectivity index is 2.16. The van der Waals surface area contributed by atoms with Crippen LogP contribution in [-0.2, 0) is 12.8 Å². The number of furan rings is 1. The Kier molecular flexibility index (Phi) is 5.22. The first-order valence-corrected chi connectivity index (χ1v) is 7.18. The van der Waals surface area contributed by atoms with Gasteiger partial charge in [-0.1, -0.05) is 44.2 Å². The Morgan fingerprint density at radius 1 is 1.11 bits per heavy atom. The van der Waals surface area contributed by atoms with Crippen molar-refractivity contribution < 1.29 is 4.42 Å². The Morgan fingerprint density at radius 3 is 2.58 bits per heavy atom. The van der Waals surface area contributed by atoms with Crippen molar-refractivity contribution in [1.29, 1.82) is 0 Å². The molecule has 0 saturated heterocycles. The molecule has 1 aromatic heterocycles. The van der Waals surface area contributed by atoms with E-state index in [9.17, 15) is 0 Å².